The van der Waals surface area contributed by atoms with Crippen LogP contribution in [0.15, 0.2) is 42.5 Å². The fourth-order valence-electron chi connectivity index (χ4n) is 4.44. The molecular formula is C30H41FN6O4. The van der Waals surface area contributed by atoms with Gasteiger partial charge in [0.2, 0.25) is 17.7 Å². The average molecular weight is 569 g/mol. The number of fused-ring (bicyclic) bond motifs is 1. The smallest absolute Gasteiger partial charge is 0.240 e. The molecule has 41 heavy (non-hydrogen) atoms. The van der Waals surface area contributed by atoms with E-state index in [1.807, 2.05) is 31.2 Å². The van der Waals surface area contributed by atoms with Gasteiger partial charge < -0.3 is 31.3 Å². The number of aryl methyl sites for hydroxylation is 2. The summed E-state index contributed by atoms with van der Waals surface area (Å²) in [5, 5.41) is 15.7. The van der Waals surface area contributed by atoms with Crippen LogP contribution in [0.25, 0.3) is 0 Å². The summed E-state index contributed by atoms with van der Waals surface area (Å²) >= 11 is 0. The van der Waals surface area contributed by atoms with E-state index in [9.17, 15) is 18.8 Å². The van der Waals surface area contributed by atoms with Gasteiger partial charge in [-0.05, 0) is 62.6 Å². The number of amidine groups is 1. The predicted molar refractivity (Wildman–Crippen MR) is 155 cm³/mol. The van der Waals surface area contributed by atoms with Gasteiger partial charge in [0.25, 0.3) is 0 Å². The van der Waals surface area contributed by atoms with E-state index in [4.69, 9.17) is 15.9 Å². The molecular weight excluding hydrogens is 527 g/mol. The zero-order chi connectivity index (χ0) is 29.8. The Morgan fingerprint density at radius 2 is 1.83 bits per heavy atom. The summed E-state index contributed by atoms with van der Waals surface area (Å²) in [6, 6.07) is 11.7. The molecule has 2 aromatic carbocycles. The second-order valence-corrected chi connectivity index (χ2v) is 10.4. The molecule has 0 aromatic heterocycles. The summed E-state index contributed by atoms with van der Waals surface area (Å²) < 4.78 is 19.5. The van der Waals surface area contributed by atoms with Crippen molar-refractivity contribution in [3.63, 3.8) is 0 Å². The SMILES string of the molecule is CN1CC(=O)NCC(=O)NCCCCc2ccc(F)cc2OCCNC(C2CC2)C1=O.Cc1cccc(C(=N)N)c1. The van der Waals surface area contributed by atoms with Crippen molar-refractivity contribution in [2.45, 2.75) is 45.1 Å². The van der Waals surface area contributed by atoms with Crippen molar-refractivity contribution in [2.75, 3.05) is 39.8 Å². The van der Waals surface area contributed by atoms with Crippen LogP contribution in [0.3, 0.4) is 0 Å². The highest BCUT2D eigenvalue weighted by Gasteiger charge is 2.37. The van der Waals surface area contributed by atoms with Crippen molar-refractivity contribution in [1.29, 1.82) is 5.41 Å². The molecule has 1 fully saturated rings. The van der Waals surface area contributed by atoms with Crippen LogP contribution in [0, 0.1) is 24.1 Å². The molecule has 6 N–H and O–H groups in total. The fourth-order valence-corrected chi connectivity index (χ4v) is 4.44. The molecule has 1 heterocycles. The molecule has 1 aliphatic carbocycles. The van der Waals surface area contributed by atoms with Crippen LogP contribution in [0.2, 0.25) is 0 Å². The van der Waals surface area contributed by atoms with Gasteiger partial charge in [-0.2, -0.15) is 0 Å². The maximum Gasteiger partial charge on any atom is 0.240 e. The van der Waals surface area contributed by atoms with Gasteiger partial charge in [-0.15, -0.1) is 0 Å². The van der Waals surface area contributed by atoms with Crippen LogP contribution < -0.4 is 26.4 Å². The number of hydrogen-bond donors (Lipinski definition) is 5. The number of ether oxygens (including phenoxy) is 1. The number of nitrogens with zero attached hydrogens (tertiary/aromatic N) is 1. The van der Waals surface area contributed by atoms with Crippen molar-refractivity contribution in [2.24, 2.45) is 11.7 Å². The third-order valence-corrected chi connectivity index (χ3v) is 6.84. The molecule has 0 bridgehead atoms. The Labute approximate surface area is 240 Å². The minimum absolute atomic E-state index is 0.111. The van der Waals surface area contributed by atoms with Crippen LogP contribution in [-0.2, 0) is 20.8 Å². The minimum atomic E-state index is -0.390. The Morgan fingerprint density at radius 1 is 1.05 bits per heavy atom. The molecule has 4 rings (SSSR count). The summed E-state index contributed by atoms with van der Waals surface area (Å²) in [5.74, 6) is -0.298. The van der Waals surface area contributed by atoms with Gasteiger partial charge in [-0.1, -0.05) is 29.8 Å². The molecule has 11 heteroatoms. The molecule has 0 radical (unpaired) electrons. The molecule has 222 valence electrons. The lowest BCUT2D eigenvalue weighted by molar-refractivity contribution is -0.137. The van der Waals surface area contributed by atoms with E-state index in [1.54, 1.807) is 13.1 Å². The lowest BCUT2D eigenvalue weighted by Crippen LogP contribution is -2.50. The molecule has 10 nitrogen and oxygen atoms in total. The summed E-state index contributed by atoms with van der Waals surface area (Å²) in [6.45, 7) is 2.96. The van der Waals surface area contributed by atoms with Crippen LogP contribution in [0.4, 0.5) is 4.39 Å². The molecule has 3 amide bonds. The van der Waals surface area contributed by atoms with Crippen LogP contribution in [-0.4, -0.2) is 74.3 Å². The summed E-state index contributed by atoms with van der Waals surface area (Å²) in [6.07, 6.45) is 4.16. The number of nitrogens with one attached hydrogen (secondary N) is 4. The van der Waals surface area contributed by atoms with Gasteiger partial charge in [0.1, 0.15) is 24.0 Å². The first-order chi connectivity index (χ1) is 19.6. The average Bonchev–Trinajstić information content (AvgIpc) is 3.77. The van der Waals surface area contributed by atoms with Crippen molar-refractivity contribution in [3.05, 3.63) is 65.0 Å². The number of amides is 3. The van der Waals surface area contributed by atoms with E-state index in [0.717, 1.165) is 42.4 Å². The standard InChI is InChI=1S/C22H31FN4O4.C8H10N2/c1-27-14-20(29)26-13-19(28)24-9-3-2-4-15-7-8-17(23)12-18(15)31-11-10-25-21(22(27)30)16-5-6-16;1-6-3-2-4-7(5-6)8(9)10/h7-8,12,16,21,25H,2-6,9-11,13-14H2,1H3,(H,24,28)(H,26,29);2-5H,1H3,(H3,9,10). The Hall–Kier alpha value is -3.99. The number of halogens is 1. The Balaban J connectivity index is 0.000000389. The molecule has 1 unspecified atom stereocenters. The lowest BCUT2D eigenvalue weighted by atomic mass is 10.1. The number of hydrogen-bond acceptors (Lipinski definition) is 6. The number of nitrogen functional groups attached to an aromatic ring is 1. The van der Waals surface area contributed by atoms with Crippen molar-refractivity contribution >= 4 is 23.6 Å². The number of rotatable bonds is 2. The predicted octanol–water partition coefficient (Wildman–Crippen LogP) is 1.88. The Bertz CT molecular complexity index is 1220. The Kier molecular flexibility index (Phi) is 12.1. The van der Waals surface area contributed by atoms with Crippen molar-refractivity contribution in [1.82, 2.24) is 20.9 Å². The molecule has 1 aliphatic heterocycles. The molecule has 1 saturated carbocycles. The zero-order valence-corrected chi connectivity index (χ0v) is 23.8. The third-order valence-electron chi connectivity index (χ3n) is 6.84. The van der Waals surface area contributed by atoms with Gasteiger partial charge in [0.15, 0.2) is 0 Å². The first-order valence-electron chi connectivity index (χ1n) is 14.0. The van der Waals surface area contributed by atoms with Gasteiger partial charge >= 0.3 is 0 Å². The third kappa shape index (κ3) is 10.8. The van der Waals surface area contributed by atoms with E-state index in [1.165, 1.54) is 17.0 Å². The number of carbonyl (C=O) groups excluding carboxylic acids is 3. The number of carbonyl (C=O) groups is 3. The highest BCUT2D eigenvalue weighted by Crippen LogP contribution is 2.33. The number of likely N-dealkylation sites (N-methyl/N-ethyl adjacent to an activating group) is 1. The van der Waals surface area contributed by atoms with Gasteiger partial charge in [-0.25, -0.2) is 4.39 Å². The largest absolute Gasteiger partial charge is 0.492 e. The zero-order valence-electron chi connectivity index (χ0n) is 23.8. The first kappa shape index (κ1) is 31.5. The fraction of sp³-hybridized carbons (Fsp3) is 0.467. The van der Waals surface area contributed by atoms with E-state index in [2.05, 4.69) is 16.0 Å². The number of nitrogens with two attached hydrogens (primary N) is 1. The van der Waals surface area contributed by atoms with Crippen molar-refractivity contribution in [3.8, 4) is 5.75 Å². The van der Waals surface area contributed by atoms with E-state index < -0.39 is 6.04 Å². The summed E-state index contributed by atoms with van der Waals surface area (Å²) in [5.41, 5.74) is 8.10. The van der Waals surface area contributed by atoms with E-state index in [-0.39, 0.29) is 48.4 Å². The Morgan fingerprint density at radius 3 is 2.51 bits per heavy atom. The second kappa shape index (κ2) is 15.7. The van der Waals surface area contributed by atoms with E-state index in [0.29, 0.717) is 31.9 Å². The van der Waals surface area contributed by atoms with Crippen LogP contribution >= 0.6 is 0 Å². The highest BCUT2D eigenvalue weighted by molar-refractivity contribution is 5.95. The topological polar surface area (TPSA) is 150 Å². The first-order valence-corrected chi connectivity index (χ1v) is 14.0. The van der Waals surface area contributed by atoms with Crippen LogP contribution in [0.5, 0.6) is 5.75 Å². The van der Waals surface area contributed by atoms with Gasteiger partial charge in [-0.3, -0.25) is 19.8 Å². The molecule has 0 spiro atoms. The maximum atomic E-state index is 13.7. The minimum Gasteiger partial charge on any atom is -0.492 e. The van der Waals surface area contributed by atoms with Gasteiger partial charge in [0.05, 0.1) is 19.1 Å². The maximum absolute atomic E-state index is 13.7. The normalized spacial score (nSPS) is 19.5. The lowest BCUT2D eigenvalue weighted by Gasteiger charge is -2.24. The van der Waals surface area contributed by atoms with Crippen molar-refractivity contribution < 1.29 is 23.5 Å². The summed E-state index contributed by atoms with van der Waals surface area (Å²) in [4.78, 5) is 38.2. The molecule has 0 saturated heterocycles. The van der Waals surface area contributed by atoms with E-state index >= 15 is 0 Å². The molecule has 2 aromatic rings. The summed E-state index contributed by atoms with van der Waals surface area (Å²) in [7, 11) is 1.58. The van der Waals surface area contributed by atoms with Gasteiger partial charge in [0, 0.05) is 31.8 Å². The highest BCUT2D eigenvalue weighted by atomic mass is 19.1. The molecule has 1 atom stereocenters. The van der Waals surface area contributed by atoms with Crippen LogP contribution in [0.1, 0.15) is 42.4 Å². The quantitative estimate of drug-likeness (QED) is 0.276. The molecule has 2 aliphatic rings. The second-order valence-electron chi connectivity index (χ2n) is 10.4. The monoisotopic (exact) mass is 568 g/mol. The number of benzene rings is 2.